The van der Waals surface area contributed by atoms with Crippen LogP contribution >= 0.6 is 11.8 Å². The lowest BCUT2D eigenvalue weighted by Gasteiger charge is -2.34. The first-order valence-corrected chi connectivity index (χ1v) is 12.9. The zero-order chi connectivity index (χ0) is 24.9. The maximum Gasteiger partial charge on any atom is 0.253 e. The molecule has 0 N–H and O–H groups in total. The average molecular weight is 484 g/mol. The minimum Gasteiger partial charge on any atom is -0.360 e. The van der Waals surface area contributed by atoms with Gasteiger partial charge in [-0.15, -0.1) is 0 Å². The summed E-state index contributed by atoms with van der Waals surface area (Å²) in [6, 6.07) is 9.88. The molecule has 1 aromatic heterocycles. The van der Waals surface area contributed by atoms with E-state index in [1.165, 1.54) is 0 Å². The van der Waals surface area contributed by atoms with Gasteiger partial charge in [0.2, 0.25) is 5.91 Å². The number of amides is 2. The van der Waals surface area contributed by atoms with Gasteiger partial charge in [-0.05, 0) is 24.1 Å². The molecule has 0 saturated carbocycles. The third kappa shape index (κ3) is 6.72. The molecular weight excluding hydrogens is 446 g/mol. The Kier molecular flexibility index (Phi) is 8.57. The first kappa shape index (κ1) is 26.0. The number of benzene rings is 1. The van der Waals surface area contributed by atoms with E-state index in [0.29, 0.717) is 37.5 Å². The normalized spacial score (nSPS) is 14.3. The number of nitrogens with zero attached hydrogens (tertiary/aromatic N) is 5. The van der Waals surface area contributed by atoms with E-state index >= 15 is 0 Å². The molecule has 2 amide bonds. The van der Waals surface area contributed by atoms with Crippen molar-refractivity contribution < 1.29 is 9.59 Å². The van der Waals surface area contributed by atoms with Gasteiger partial charge >= 0.3 is 0 Å². The minimum absolute atomic E-state index is 0.0181. The number of carbonyl (C=O) groups excluding carboxylic acids is 2. The van der Waals surface area contributed by atoms with Crippen molar-refractivity contribution >= 4 is 29.4 Å². The Morgan fingerprint density at radius 2 is 1.74 bits per heavy atom. The molecule has 1 fully saturated rings. The van der Waals surface area contributed by atoms with Gasteiger partial charge in [-0.2, -0.15) is 0 Å². The second-order valence-electron chi connectivity index (χ2n) is 9.85. The molecular formula is C26H37N5O2S. The molecule has 0 aliphatic carbocycles. The second kappa shape index (κ2) is 11.2. The summed E-state index contributed by atoms with van der Waals surface area (Å²) in [5, 5.41) is 0.752. The lowest BCUT2D eigenvalue weighted by Crippen LogP contribution is -2.50. The predicted octanol–water partition coefficient (Wildman–Crippen LogP) is 4.22. The highest BCUT2D eigenvalue weighted by molar-refractivity contribution is 7.98. The third-order valence-electron chi connectivity index (χ3n) is 5.96. The molecule has 34 heavy (non-hydrogen) atoms. The van der Waals surface area contributed by atoms with Crippen LogP contribution in [0.25, 0.3) is 0 Å². The first-order valence-electron chi connectivity index (χ1n) is 12.0. The van der Waals surface area contributed by atoms with Crippen molar-refractivity contribution in [2.75, 3.05) is 44.7 Å². The number of thioether (sulfide) groups is 1. The largest absolute Gasteiger partial charge is 0.360 e. The molecule has 3 rings (SSSR count). The van der Waals surface area contributed by atoms with Gasteiger partial charge in [0.25, 0.3) is 5.91 Å². The summed E-state index contributed by atoms with van der Waals surface area (Å²) in [7, 11) is 2.07. The smallest absolute Gasteiger partial charge is 0.253 e. The second-order valence-corrected chi connectivity index (χ2v) is 10.8. The maximum atomic E-state index is 13.0. The number of rotatable bonds is 7. The Bertz CT molecular complexity index is 1010. The van der Waals surface area contributed by atoms with Gasteiger partial charge in [-0.25, -0.2) is 9.97 Å². The summed E-state index contributed by atoms with van der Waals surface area (Å²) in [5.41, 5.74) is 2.70. The van der Waals surface area contributed by atoms with Gasteiger partial charge in [-0.1, -0.05) is 51.6 Å². The SMILES string of the molecule is CCCN(C)c1cc(C(C)(C)C)nc(SCc2cccc(C(=O)N3CCN(C(C)=O)CC3)c2)n1. The number of piperazine rings is 1. The van der Waals surface area contributed by atoms with E-state index in [9.17, 15) is 9.59 Å². The fraction of sp³-hybridized carbons (Fsp3) is 0.538. The van der Waals surface area contributed by atoms with E-state index in [2.05, 4.69) is 45.7 Å². The lowest BCUT2D eigenvalue weighted by molar-refractivity contribution is -0.130. The Labute approximate surface area is 207 Å². The van der Waals surface area contributed by atoms with E-state index in [0.717, 1.165) is 35.2 Å². The van der Waals surface area contributed by atoms with Crippen LogP contribution < -0.4 is 4.90 Å². The molecule has 184 valence electrons. The van der Waals surface area contributed by atoms with Crippen LogP contribution in [0.4, 0.5) is 5.82 Å². The van der Waals surface area contributed by atoms with Crippen molar-refractivity contribution in [1.82, 2.24) is 19.8 Å². The number of hydrogen-bond donors (Lipinski definition) is 0. The number of aromatic nitrogens is 2. The summed E-state index contributed by atoms with van der Waals surface area (Å²) < 4.78 is 0. The zero-order valence-corrected chi connectivity index (χ0v) is 22.1. The monoisotopic (exact) mass is 483 g/mol. The molecule has 0 spiro atoms. The molecule has 0 bridgehead atoms. The van der Waals surface area contributed by atoms with Crippen molar-refractivity contribution in [3.63, 3.8) is 0 Å². The fourth-order valence-corrected chi connectivity index (χ4v) is 4.65. The zero-order valence-electron chi connectivity index (χ0n) is 21.3. The van der Waals surface area contributed by atoms with Gasteiger partial charge in [-0.3, -0.25) is 9.59 Å². The summed E-state index contributed by atoms with van der Waals surface area (Å²) in [6.07, 6.45) is 1.05. The van der Waals surface area contributed by atoms with Gasteiger partial charge in [0.1, 0.15) is 5.82 Å². The number of anilines is 1. The van der Waals surface area contributed by atoms with Gasteiger partial charge in [0.05, 0.1) is 5.69 Å². The first-order chi connectivity index (χ1) is 16.1. The highest BCUT2D eigenvalue weighted by Gasteiger charge is 2.23. The Morgan fingerprint density at radius 1 is 1.06 bits per heavy atom. The van der Waals surface area contributed by atoms with Crippen molar-refractivity contribution in [3.8, 4) is 0 Å². The lowest BCUT2D eigenvalue weighted by atomic mass is 9.92. The van der Waals surface area contributed by atoms with Crippen LogP contribution in [0.1, 0.15) is 62.7 Å². The van der Waals surface area contributed by atoms with Crippen LogP contribution in [0.2, 0.25) is 0 Å². The average Bonchev–Trinajstić information content (AvgIpc) is 2.82. The Morgan fingerprint density at radius 3 is 2.35 bits per heavy atom. The Balaban J connectivity index is 1.71. The molecule has 1 saturated heterocycles. The maximum absolute atomic E-state index is 13.0. The quantitative estimate of drug-likeness (QED) is 0.434. The predicted molar refractivity (Wildman–Crippen MR) is 138 cm³/mol. The molecule has 8 heteroatoms. The highest BCUT2D eigenvalue weighted by Crippen LogP contribution is 2.28. The number of hydrogen-bond acceptors (Lipinski definition) is 6. The van der Waals surface area contributed by atoms with Crippen molar-refractivity contribution in [2.45, 2.75) is 57.4 Å². The van der Waals surface area contributed by atoms with Gasteiger partial charge < -0.3 is 14.7 Å². The standard InChI is InChI=1S/C26H37N5O2S/c1-7-11-29(6)23-17-22(26(3,4)5)27-25(28-23)34-18-20-9-8-10-21(16-20)24(33)31-14-12-30(13-15-31)19(2)32/h8-10,16-17H,7,11-15,18H2,1-6H3. The summed E-state index contributed by atoms with van der Waals surface area (Å²) in [6.45, 7) is 13.5. The van der Waals surface area contributed by atoms with Crippen LogP contribution in [0.5, 0.6) is 0 Å². The van der Waals surface area contributed by atoms with E-state index in [1.807, 2.05) is 29.2 Å². The van der Waals surface area contributed by atoms with Crippen LogP contribution in [0.3, 0.4) is 0 Å². The van der Waals surface area contributed by atoms with Gasteiger partial charge in [0.15, 0.2) is 5.16 Å². The van der Waals surface area contributed by atoms with E-state index in [-0.39, 0.29) is 17.2 Å². The molecule has 7 nitrogen and oxygen atoms in total. The molecule has 0 unspecified atom stereocenters. The summed E-state index contributed by atoms with van der Waals surface area (Å²) in [4.78, 5) is 40.0. The van der Waals surface area contributed by atoms with E-state index < -0.39 is 0 Å². The topological polar surface area (TPSA) is 69.6 Å². The van der Waals surface area contributed by atoms with Gasteiger partial charge in [0, 0.05) is 69.5 Å². The molecule has 1 aliphatic heterocycles. The van der Waals surface area contributed by atoms with Crippen molar-refractivity contribution in [3.05, 3.63) is 47.2 Å². The van der Waals surface area contributed by atoms with Crippen molar-refractivity contribution in [1.29, 1.82) is 0 Å². The molecule has 2 aromatic rings. The van der Waals surface area contributed by atoms with Crippen LogP contribution in [0.15, 0.2) is 35.5 Å². The molecule has 0 atom stereocenters. The van der Waals surface area contributed by atoms with E-state index in [1.54, 1.807) is 23.6 Å². The van der Waals surface area contributed by atoms with Crippen LogP contribution in [-0.4, -0.2) is 71.4 Å². The molecule has 0 radical (unpaired) electrons. The fourth-order valence-electron chi connectivity index (χ4n) is 3.86. The van der Waals surface area contributed by atoms with E-state index in [4.69, 9.17) is 9.97 Å². The summed E-state index contributed by atoms with van der Waals surface area (Å²) >= 11 is 1.60. The molecule has 1 aliphatic rings. The number of carbonyl (C=O) groups is 2. The molecule has 2 heterocycles. The van der Waals surface area contributed by atoms with Crippen molar-refractivity contribution in [2.24, 2.45) is 0 Å². The minimum atomic E-state index is -0.0706. The van der Waals surface area contributed by atoms with Crippen LogP contribution in [-0.2, 0) is 16.0 Å². The Hall–Kier alpha value is -2.61. The third-order valence-corrected chi connectivity index (χ3v) is 6.88. The highest BCUT2D eigenvalue weighted by atomic mass is 32.2. The molecule has 1 aromatic carbocycles. The summed E-state index contributed by atoms with van der Waals surface area (Å²) in [5.74, 6) is 1.71. The van der Waals surface area contributed by atoms with Crippen LogP contribution in [0, 0.1) is 0 Å².